The second-order valence-electron chi connectivity index (χ2n) is 3.84. The van der Waals surface area contributed by atoms with E-state index in [0.29, 0.717) is 5.88 Å². The largest absolute Gasteiger partial charge is 0.345 e. The minimum absolute atomic E-state index is 0.253. The van der Waals surface area contributed by atoms with Gasteiger partial charge in [-0.2, -0.15) is 0 Å². The predicted molar refractivity (Wildman–Crippen MR) is 62.5 cm³/mol. The Morgan fingerprint density at radius 2 is 2.12 bits per heavy atom. The first-order valence-electron chi connectivity index (χ1n) is 5.48. The third-order valence-corrected chi connectivity index (χ3v) is 2.39. The standard InChI is InChI=1S/C11H17N3O3/c1-5-9-6(2)14-17-11(9)13-10(16)7(3)12-8(4)15/h7H,5H2,1-4H3,(H,12,15)(H,13,16)/t7-/m0/s1. The summed E-state index contributed by atoms with van der Waals surface area (Å²) >= 11 is 0. The Morgan fingerprint density at radius 1 is 1.47 bits per heavy atom. The maximum Gasteiger partial charge on any atom is 0.249 e. The van der Waals surface area contributed by atoms with Crippen molar-refractivity contribution in [1.82, 2.24) is 10.5 Å². The number of carbonyl (C=O) groups is 2. The van der Waals surface area contributed by atoms with E-state index in [1.165, 1.54) is 6.92 Å². The number of hydrogen-bond acceptors (Lipinski definition) is 4. The average molecular weight is 239 g/mol. The van der Waals surface area contributed by atoms with Gasteiger partial charge in [-0.25, -0.2) is 0 Å². The summed E-state index contributed by atoms with van der Waals surface area (Å²) in [5, 5.41) is 8.88. The third-order valence-electron chi connectivity index (χ3n) is 2.39. The third kappa shape index (κ3) is 3.30. The van der Waals surface area contributed by atoms with Crippen LogP contribution >= 0.6 is 0 Å². The Bertz CT molecular complexity index is 426. The van der Waals surface area contributed by atoms with Gasteiger partial charge >= 0.3 is 0 Å². The van der Waals surface area contributed by atoms with Crippen molar-refractivity contribution >= 4 is 17.7 Å². The van der Waals surface area contributed by atoms with E-state index in [4.69, 9.17) is 4.52 Å². The van der Waals surface area contributed by atoms with Crippen LogP contribution in [0.1, 0.15) is 32.0 Å². The van der Waals surface area contributed by atoms with E-state index in [-0.39, 0.29) is 11.8 Å². The van der Waals surface area contributed by atoms with Gasteiger partial charge in [-0.3, -0.25) is 14.9 Å². The maximum atomic E-state index is 11.7. The number of carbonyl (C=O) groups excluding carboxylic acids is 2. The van der Waals surface area contributed by atoms with E-state index in [1.54, 1.807) is 6.92 Å². The number of nitrogens with one attached hydrogen (secondary N) is 2. The van der Waals surface area contributed by atoms with Crippen molar-refractivity contribution in [2.45, 2.75) is 40.2 Å². The van der Waals surface area contributed by atoms with Crippen molar-refractivity contribution in [3.05, 3.63) is 11.3 Å². The van der Waals surface area contributed by atoms with E-state index in [2.05, 4.69) is 15.8 Å². The molecule has 0 saturated heterocycles. The molecule has 0 saturated carbocycles. The highest BCUT2D eigenvalue weighted by Crippen LogP contribution is 2.19. The van der Waals surface area contributed by atoms with E-state index in [1.807, 2.05) is 13.8 Å². The molecule has 0 bridgehead atoms. The second kappa shape index (κ2) is 5.47. The van der Waals surface area contributed by atoms with Gasteiger partial charge in [-0.05, 0) is 20.3 Å². The lowest BCUT2D eigenvalue weighted by molar-refractivity contribution is -0.124. The molecule has 1 atom stereocenters. The molecule has 1 heterocycles. The Labute approximate surface area is 99.7 Å². The molecule has 0 aromatic carbocycles. The average Bonchev–Trinajstić information content (AvgIpc) is 2.58. The Morgan fingerprint density at radius 3 is 2.65 bits per heavy atom. The van der Waals surface area contributed by atoms with Gasteiger partial charge in [0.2, 0.25) is 17.7 Å². The van der Waals surface area contributed by atoms with Crippen molar-refractivity contribution in [2.75, 3.05) is 5.32 Å². The SMILES string of the molecule is CCc1c(C)noc1NC(=O)[C@H](C)NC(C)=O. The molecule has 1 aromatic rings. The highest BCUT2D eigenvalue weighted by atomic mass is 16.5. The summed E-state index contributed by atoms with van der Waals surface area (Å²) in [4.78, 5) is 22.5. The van der Waals surface area contributed by atoms with Gasteiger partial charge in [0.25, 0.3) is 0 Å². The Kier molecular flexibility index (Phi) is 4.25. The fraction of sp³-hybridized carbons (Fsp3) is 0.545. The minimum atomic E-state index is -0.609. The molecule has 0 radical (unpaired) electrons. The molecule has 1 rings (SSSR count). The summed E-state index contributed by atoms with van der Waals surface area (Å²) in [5.41, 5.74) is 1.63. The first-order valence-corrected chi connectivity index (χ1v) is 5.48. The smallest absolute Gasteiger partial charge is 0.249 e. The Balaban J connectivity index is 2.70. The highest BCUT2D eigenvalue weighted by Gasteiger charge is 2.18. The van der Waals surface area contributed by atoms with Crippen LogP contribution in [0.2, 0.25) is 0 Å². The number of nitrogens with zero attached hydrogens (tertiary/aromatic N) is 1. The number of aromatic nitrogens is 1. The van der Waals surface area contributed by atoms with Gasteiger partial charge in [-0.1, -0.05) is 12.1 Å². The zero-order valence-corrected chi connectivity index (χ0v) is 10.5. The van der Waals surface area contributed by atoms with E-state index in [0.717, 1.165) is 17.7 Å². The summed E-state index contributed by atoms with van der Waals surface area (Å²) in [5.74, 6) is -0.227. The molecule has 0 aliphatic heterocycles. The number of amides is 2. The van der Waals surface area contributed by atoms with Crippen molar-refractivity contribution < 1.29 is 14.1 Å². The normalized spacial score (nSPS) is 12.0. The van der Waals surface area contributed by atoms with Crippen LogP contribution in [0.5, 0.6) is 0 Å². The molecular formula is C11H17N3O3. The molecule has 17 heavy (non-hydrogen) atoms. The Hall–Kier alpha value is -1.85. The summed E-state index contributed by atoms with van der Waals surface area (Å²) in [6, 6.07) is -0.609. The number of rotatable bonds is 4. The molecule has 0 aliphatic carbocycles. The lowest BCUT2D eigenvalue weighted by Crippen LogP contribution is -2.40. The van der Waals surface area contributed by atoms with Crippen LogP contribution in [-0.4, -0.2) is 23.0 Å². The summed E-state index contributed by atoms with van der Waals surface area (Å²) < 4.78 is 5.02. The van der Waals surface area contributed by atoms with Crippen LogP contribution in [0.3, 0.4) is 0 Å². The zero-order chi connectivity index (χ0) is 13.0. The van der Waals surface area contributed by atoms with Crippen LogP contribution in [-0.2, 0) is 16.0 Å². The molecular weight excluding hydrogens is 222 g/mol. The van der Waals surface area contributed by atoms with Crippen LogP contribution in [0.4, 0.5) is 5.88 Å². The quantitative estimate of drug-likeness (QED) is 0.821. The molecule has 94 valence electrons. The van der Waals surface area contributed by atoms with Gasteiger partial charge in [0.1, 0.15) is 6.04 Å². The fourth-order valence-electron chi connectivity index (χ4n) is 1.49. The minimum Gasteiger partial charge on any atom is -0.345 e. The molecule has 2 N–H and O–H groups in total. The fourth-order valence-corrected chi connectivity index (χ4v) is 1.49. The molecule has 0 aliphatic rings. The monoisotopic (exact) mass is 239 g/mol. The lowest BCUT2D eigenvalue weighted by atomic mass is 10.2. The van der Waals surface area contributed by atoms with Crippen LogP contribution in [0.15, 0.2) is 4.52 Å². The van der Waals surface area contributed by atoms with E-state index >= 15 is 0 Å². The topological polar surface area (TPSA) is 84.2 Å². The van der Waals surface area contributed by atoms with Gasteiger partial charge in [-0.15, -0.1) is 0 Å². The van der Waals surface area contributed by atoms with Gasteiger partial charge < -0.3 is 9.84 Å². The van der Waals surface area contributed by atoms with Gasteiger partial charge in [0.05, 0.1) is 5.69 Å². The van der Waals surface area contributed by atoms with E-state index in [9.17, 15) is 9.59 Å². The summed E-state index contributed by atoms with van der Waals surface area (Å²) in [7, 11) is 0. The van der Waals surface area contributed by atoms with Crippen LogP contribution in [0, 0.1) is 6.92 Å². The predicted octanol–water partition coefficient (Wildman–Crippen LogP) is 1.01. The number of aryl methyl sites for hydroxylation is 1. The lowest BCUT2D eigenvalue weighted by Gasteiger charge is -2.11. The molecule has 0 unspecified atom stereocenters. The zero-order valence-electron chi connectivity index (χ0n) is 10.5. The van der Waals surface area contributed by atoms with Crippen molar-refractivity contribution in [3.63, 3.8) is 0 Å². The van der Waals surface area contributed by atoms with Gasteiger partial charge in [0, 0.05) is 12.5 Å². The molecule has 0 fully saturated rings. The first-order chi connectivity index (χ1) is 7.95. The van der Waals surface area contributed by atoms with Crippen molar-refractivity contribution in [1.29, 1.82) is 0 Å². The van der Waals surface area contributed by atoms with Crippen LogP contribution < -0.4 is 10.6 Å². The second-order valence-corrected chi connectivity index (χ2v) is 3.84. The van der Waals surface area contributed by atoms with Gasteiger partial charge in [0.15, 0.2) is 0 Å². The van der Waals surface area contributed by atoms with Crippen molar-refractivity contribution in [2.24, 2.45) is 0 Å². The number of anilines is 1. The van der Waals surface area contributed by atoms with Crippen molar-refractivity contribution in [3.8, 4) is 0 Å². The maximum absolute atomic E-state index is 11.7. The molecule has 0 spiro atoms. The molecule has 6 nitrogen and oxygen atoms in total. The van der Waals surface area contributed by atoms with E-state index < -0.39 is 6.04 Å². The highest BCUT2D eigenvalue weighted by molar-refractivity contribution is 5.96. The molecule has 1 aromatic heterocycles. The van der Waals surface area contributed by atoms with Crippen LogP contribution in [0.25, 0.3) is 0 Å². The summed E-state index contributed by atoms with van der Waals surface area (Å²) in [6.07, 6.45) is 0.722. The summed E-state index contributed by atoms with van der Waals surface area (Å²) in [6.45, 7) is 6.73. The molecule has 6 heteroatoms. The molecule has 2 amide bonds. The first kappa shape index (κ1) is 13.2. The number of hydrogen-bond donors (Lipinski definition) is 2.